The minimum absolute atomic E-state index is 0.00226. The van der Waals surface area contributed by atoms with E-state index in [-0.39, 0.29) is 17.7 Å². The Morgan fingerprint density at radius 2 is 1.95 bits per heavy atom. The topological polar surface area (TPSA) is 52.7 Å². The molecule has 0 aliphatic carbocycles. The Bertz CT molecular complexity index is 544. The lowest BCUT2D eigenvalue weighted by atomic mass is 10.0. The van der Waals surface area contributed by atoms with Crippen LogP contribution < -0.4 is 5.32 Å². The first-order chi connectivity index (χ1) is 10.5. The maximum Gasteiger partial charge on any atom is 0.227 e. The number of carbonyl (C=O) groups is 2. The van der Waals surface area contributed by atoms with Gasteiger partial charge in [-0.3, -0.25) is 9.59 Å². The summed E-state index contributed by atoms with van der Waals surface area (Å²) in [4.78, 5) is 28.5. The van der Waals surface area contributed by atoms with E-state index in [0.29, 0.717) is 26.1 Å². The Labute approximate surface area is 132 Å². The molecular weight excluding hydrogens is 278 g/mol. The van der Waals surface area contributed by atoms with Crippen LogP contribution in [0.2, 0.25) is 0 Å². The minimum atomic E-state index is -0.168. The molecule has 5 heteroatoms. The van der Waals surface area contributed by atoms with Crippen molar-refractivity contribution >= 4 is 11.8 Å². The summed E-state index contributed by atoms with van der Waals surface area (Å²) in [7, 11) is 3.64. The molecule has 0 spiro atoms. The number of aryl methyl sites for hydroxylation is 1. The summed E-state index contributed by atoms with van der Waals surface area (Å²) in [6.45, 7) is 4.68. The molecule has 1 aliphatic rings. The van der Waals surface area contributed by atoms with E-state index >= 15 is 0 Å². The first-order valence-electron chi connectivity index (χ1n) is 7.73. The molecule has 1 unspecified atom stereocenters. The highest BCUT2D eigenvalue weighted by molar-refractivity contribution is 5.82. The number of likely N-dealkylation sites (N-methyl/N-ethyl adjacent to an activating group) is 1. The molecule has 0 bridgehead atoms. The van der Waals surface area contributed by atoms with Crippen LogP contribution in [0.1, 0.15) is 11.1 Å². The standard InChI is InChI=1S/C17H25N3O2/c1-13-6-4-5-7-14(13)10-16(21)20-9-8-19(3)11-15(12-20)17(22)18-2/h4-7,15H,8-12H2,1-3H3,(H,18,22). The fourth-order valence-corrected chi connectivity index (χ4v) is 2.85. The van der Waals surface area contributed by atoms with Crippen LogP contribution in [0.15, 0.2) is 24.3 Å². The summed E-state index contributed by atoms with van der Waals surface area (Å²) in [5.41, 5.74) is 2.19. The van der Waals surface area contributed by atoms with Gasteiger partial charge in [0.1, 0.15) is 0 Å². The van der Waals surface area contributed by atoms with E-state index in [4.69, 9.17) is 0 Å². The molecule has 1 saturated heterocycles. The van der Waals surface area contributed by atoms with Crippen molar-refractivity contribution in [1.82, 2.24) is 15.1 Å². The minimum Gasteiger partial charge on any atom is -0.359 e. The largest absolute Gasteiger partial charge is 0.359 e. The van der Waals surface area contributed by atoms with Gasteiger partial charge < -0.3 is 15.1 Å². The predicted octanol–water partition coefficient (Wildman–Crippen LogP) is 0.674. The molecule has 2 rings (SSSR count). The van der Waals surface area contributed by atoms with Gasteiger partial charge in [0.2, 0.25) is 11.8 Å². The molecule has 1 N–H and O–H groups in total. The van der Waals surface area contributed by atoms with Gasteiger partial charge in [-0.25, -0.2) is 0 Å². The second-order valence-corrected chi connectivity index (χ2v) is 6.02. The van der Waals surface area contributed by atoms with Crippen molar-refractivity contribution in [3.8, 4) is 0 Å². The van der Waals surface area contributed by atoms with Gasteiger partial charge in [-0.2, -0.15) is 0 Å². The Balaban J connectivity index is 2.07. The fraction of sp³-hybridized carbons (Fsp3) is 0.529. The Kier molecular flexibility index (Phi) is 5.55. The molecule has 1 aliphatic heterocycles. The van der Waals surface area contributed by atoms with Crippen molar-refractivity contribution in [2.45, 2.75) is 13.3 Å². The normalized spacial score (nSPS) is 19.6. The number of hydrogen-bond donors (Lipinski definition) is 1. The summed E-state index contributed by atoms with van der Waals surface area (Å²) in [6, 6.07) is 7.95. The molecule has 120 valence electrons. The second-order valence-electron chi connectivity index (χ2n) is 6.02. The summed E-state index contributed by atoms with van der Waals surface area (Å²) >= 11 is 0. The number of nitrogens with zero attached hydrogens (tertiary/aromatic N) is 2. The molecule has 0 aromatic heterocycles. The maximum atomic E-state index is 12.6. The zero-order valence-electron chi connectivity index (χ0n) is 13.6. The van der Waals surface area contributed by atoms with Crippen molar-refractivity contribution in [3.05, 3.63) is 35.4 Å². The first kappa shape index (κ1) is 16.5. The third-order valence-electron chi connectivity index (χ3n) is 4.30. The van der Waals surface area contributed by atoms with E-state index in [0.717, 1.165) is 17.7 Å². The third kappa shape index (κ3) is 4.07. The number of carbonyl (C=O) groups excluding carboxylic acids is 2. The highest BCUT2D eigenvalue weighted by Gasteiger charge is 2.28. The molecule has 22 heavy (non-hydrogen) atoms. The summed E-state index contributed by atoms with van der Waals surface area (Å²) in [5, 5.41) is 2.70. The lowest BCUT2D eigenvalue weighted by Crippen LogP contribution is -2.41. The van der Waals surface area contributed by atoms with Gasteiger partial charge >= 0.3 is 0 Å². The molecule has 5 nitrogen and oxygen atoms in total. The van der Waals surface area contributed by atoms with E-state index in [1.54, 1.807) is 7.05 Å². The van der Waals surface area contributed by atoms with Crippen molar-refractivity contribution in [3.63, 3.8) is 0 Å². The Morgan fingerprint density at radius 3 is 2.64 bits per heavy atom. The number of amides is 2. The van der Waals surface area contributed by atoms with E-state index in [2.05, 4.69) is 10.2 Å². The van der Waals surface area contributed by atoms with Crippen molar-refractivity contribution in [1.29, 1.82) is 0 Å². The van der Waals surface area contributed by atoms with Crippen LogP contribution in [-0.2, 0) is 16.0 Å². The van der Waals surface area contributed by atoms with Crippen molar-refractivity contribution in [2.24, 2.45) is 5.92 Å². The number of rotatable bonds is 3. The zero-order chi connectivity index (χ0) is 16.1. The van der Waals surface area contributed by atoms with Gasteiger partial charge in [-0.15, -0.1) is 0 Å². The molecule has 1 heterocycles. The maximum absolute atomic E-state index is 12.6. The molecule has 1 aromatic carbocycles. The van der Waals surface area contributed by atoms with Gasteiger partial charge in [0.25, 0.3) is 0 Å². The third-order valence-corrected chi connectivity index (χ3v) is 4.30. The predicted molar refractivity (Wildman–Crippen MR) is 86.5 cm³/mol. The zero-order valence-corrected chi connectivity index (χ0v) is 13.6. The average Bonchev–Trinajstić information content (AvgIpc) is 2.70. The van der Waals surface area contributed by atoms with E-state index in [1.165, 1.54) is 0 Å². The quantitative estimate of drug-likeness (QED) is 0.893. The van der Waals surface area contributed by atoms with Gasteiger partial charge in [-0.1, -0.05) is 24.3 Å². The van der Waals surface area contributed by atoms with Gasteiger partial charge in [0.05, 0.1) is 12.3 Å². The molecule has 0 saturated carbocycles. The number of nitrogens with one attached hydrogen (secondary N) is 1. The van der Waals surface area contributed by atoms with Gasteiger partial charge in [0.15, 0.2) is 0 Å². The van der Waals surface area contributed by atoms with Gasteiger partial charge in [-0.05, 0) is 25.1 Å². The van der Waals surface area contributed by atoms with Crippen LogP contribution in [-0.4, -0.2) is 61.9 Å². The monoisotopic (exact) mass is 303 g/mol. The lowest BCUT2D eigenvalue weighted by Gasteiger charge is -2.23. The summed E-state index contributed by atoms with van der Waals surface area (Å²) in [5.74, 6) is -0.0701. The molecule has 1 fully saturated rings. The van der Waals surface area contributed by atoms with Gasteiger partial charge in [0, 0.05) is 33.2 Å². The van der Waals surface area contributed by atoms with Crippen LogP contribution in [0.4, 0.5) is 0 Å². The van der Waals surface area contributed by atoms with Crippen molar-refractivity contribution < 1.29 is 9.59 Å². The highest BCUT2D eigenvalue weighted by Crippen LogP contribution is 2.13. The molecular formula is C17H25N3O2. The lowest BCUT2D eigenvalue weighted by molar-refractivity contribution is -0.132. The average molecular weight is 303 g/mol. The Hall–Kier alpha value is -1.88. The fourth-order valence-electron chi connectivity index (χ4n) is 2.85. The van der Waals surface area contributed by atoms with Crippen LogP contribution in [0.25, 0.3) is 0 Å². The van der Waals surface area contributed by atoms with Crippen LogP contribution >= 0.6 is 0 Å². The number of hydrogen-bond acceptors (Lipinski definition) is 3. The SMILES string of the molecule is CNC(=O)C1CN(C)CCN(C(=O)Cc2ccccc2C)C1. The molecule has 1 aromatic rings. The van der Waals surface area contributed by atoms with E-state index in [9.17, 15) is 9.59 Å². The van der Waals surface area contributed by atoms with Crippen LogP contribution in [0, 0.1) is 12.8 Å². The molecule has 2 amide bonds. The van der Waals surface area contributed by atoms with Crippen LogP contribution in [0.3, 0.4) is 0 Å². The first-order valence-corrected chi connectivity index (χ1v) is 7.73. The summed E-state index contributed by atoms with van der Waals surface area (Å²) < 4.78 is 0. The highest BCUT2D eigenvalue weighted by atomic mass is 16.2. The second kappa shape index (κ2) is 7.40. The summed E-state index contributed by atoms with van der Waals surface area (Å²) in [6.07, 6.45) is 0.400. The molecule has 0 radical (unpaired) electrons. The van der Waals surface area contributed by atoms with E-state index in [1.807, 2.05) is 43.1 Å². The van der Waals surface area contributed by atoms with E-state index < -0.39 is 0 Å². The van der Waals surface area contributed by atoms with Crippen LogP contribution in [0.5, 0.6) is 0 Å². The molecule has 1 atom stereocenters. The number of benzene rings is 1. The smallest absolute Gasteiger partial charge is 0.227 e. The Morgan fingerprint density at radius 1 is 1.23 bits per heavy atom. The van der Waals surface area contributed by atoms with Crippen molar-refractivity contribution in [2.75, 3.05) is 40.3 Å².